The Balaban J connectivity index is 1.70. The fourth-order valence-electron chi connectivity index (χ4n) is 2.93. The van der Waals surface area contributed by atoms with Gasteiger partial charge in [0.05, 0.1) is 17.8 Å². The van der Waals surface area contributed by atoms with Gasteiger partial charge in [0.2, 0.25) is 0 Å². The molecule has 1 aliphatic carbocycles. The van der Waals surface area contributed by atoms with Crippen LogP contribution < -0.4 is 11.3 Å². The van der Waals surface area contributed by atoms with Gasteiger partial charge < -0.3 is 0 Å². The zero-order valence-corrected chi connectivity index (χ0v) is 12.6. The summed E-state index contributed by atoms with van der Waals surface area (Å²) in [5, 5.41) is 5.18. The Morgan fingerprint density at radius 1 is 1.33 bits per heavy atom. The number of aromatic nitrogens is 3. The number of hydrogen-bond acceptors (Lipinski definition) is 4. The van der Waals surface area contributed by atoms with Crippen LogP contribution in [0.5, 0.6) is 0 Å². The number of nitrogens with one attached hydrogen (secondary N) is 1. The van der Waals surface area contributed by atoms with Gasteiger partial charge in [0, 0.05) is 18.8 Å². The summed E-state index contributed by atoms with van der Waals surface area (Å²) >= 11 is 5.82. The molecule has 2 heterocycles. The SMILES string of the molecule is NNC(Cc1ccn(C2CCCC2)n1)c1ccc(Cl)nc1. The van der Waals surface area contributed by atoms with E-state index < -0.39 is 0 Å². The van der Waals surface area contributed by atoms with E-state index in [2.05, 4.69) is 27.4 Å². The van der Waals surface area contributed by atoms with Crippen molar-refractivity contribution < 1.29 is 0 Å². The number of halogens is 1. The van der Waals surface area contributed by atoms with Gasteiger partial charge >= 0.3 is 0 Å². The highest BCUT2D eigenvalue weighted by Gasteiger charge is 2.19. The lowest BCUT2D eigenvalue weighted by Crippen LogP contribution is -2.29. The molecule has 0 aliphatic heterocycles. The van der Waals surface area contributed by atoms with E-state index in [1.54, 1.807) is 12.3 Å². The second kappa shape index (κ2) is 6.56. The lowest BCUT2D eigenvalue weighted by atomic mass is 10.1. The predicted octanol–water partition coefficient (Wildman–Crippen LogP) is 2.79. The van der Waals surface area contributed by atoms with E-state index in [4.69, 9.17) is 22.5 Å². The molecule has 0 radical (unpaired) electrons. The third kappa shape index (κ3) is 3.43. The summed E-state index contributed by atoms with van der Waals surface area (Å²) in [6.07, 6.45) is 9.66. The summed E-state index contributed by atoms with van der Waals surface area (Å²) in [6, 6.07) is 6.35. The topological polar surface area (TPSA) is 68.8 Å². The predicted molar refractivity (Wildman–Crippen MR) is 82.7 cm³/mol. The van der Waals surface area contributed by atoms with Crippen molar-refractivity contribution >= 4 is 11.6 Å². The van der Waals surface area contributed by atoms with Gasteiger partial charge in [0.25, 0.3) is 0 Å². The van der Waals surface area contributed by atoms with Crippen LogP contribution in [0.15, 0.2) is 30.6 Å². The highest BCUT2D eigenvalue weighted by Crippen LogP contribution is 2.29. The Morgan fingerprint density at radius 2 is 2.14 bits per heavy atom. The Morgan fingerprint density at radius 3 is 2.81 bits per heavy atom. The van der Waals surface area contributed by atoms with Gasteiger partial charge in [-0.05, 0) is 30.5 Å². The molecule has 21 heavy (non-hydrogen) atoms. The van der Waals surface area contributed by atoms with Crippen LogP contribution in [-0.2, 0) is 6.42 Å². The van der Waals surface area contributed by atoms with Crippen molar-refractivity contribution in [1.82, 2.24) is 20.2 Å². The summed E-state index contributed by atoms with van der Waals surface area (Å²) in [5.74, 6) is 5.67. The third-order valence-corrected chi connectivity index (χ3v) is 4.35. The summed E-state index contributed by atoms with van der Waals surface area (Å²) in [5.41, 5.74) is 4.89. The van der Waals surface area contributed by atoms with Gasteiger partial charge in [-0.3, -0.25) is 16.0 Å². The van der Waals surface area contributed by atoms with E-state index in [0.29, 0.717) is 11.2 Å². The standard InChI is InChI=1S/C15H20ClN5/c16-15-6-5-11(10-18-15)14(19-17)9-12-7-8-21(20-12)13-3-1-2-4-13/h5-8,10,13-14,19H,1-4,9,17H2. The van der Waals surface area contributed by atoms with Crippen LogP contribution in [-0.4, -0.2) is 14.8 Å². The largest absolute Gasteiger partial charge is 0.271 e. The summed E-state index contributed by atoms with van der Waals surface area (Å²) in [6.45, 7) is 0. The maximum atomic E-state index is 5.82. The normalized spacial score (nSPS) is 17.2. The van der Waals surface area contributed by atoms with Crippen molar-refractivity contribution in [2.24, 2.45) is 5.84 Å². The summed E-state index contributed by atoms with van der Waals surface area (Å²) in [4.78, 5) is 4.10. The van der Waals surface area contributed by atoms with E-state index in [1.165, 1.54) is 25.7 Å². The van der Waals surface area contributed by atoms with Crippen LogP contribution in [0.3, 0.4) is 0 Å². The lowest BCUT2D eigenvalue weighted by molar-refractivity contribution is 0.457. The van der Waals surface area contributed by atoms with Crippen molar-refractivity contribution in [3.8, 4) is 0 Å². The molecule has 112 valence electrons. The van der Waals surface area contributed by atoms with E-state index >= 15 is 0 Å². The highest BCUT2D eigenvalue weighted by molar-refractivity contribution is 6.29. The van der Waals surface area contributed by atoms with Crippen LogP contribution in [0.2, 0.25) is 5.15 Å². The maximum absolute atomic E-state index is 5.82. The Kier molecular flexibility index (Phi) is 4.53. The smallest absolute Gasteiger partial charge is 0.129 e. The van der Waals surface area contributed by atoms with Crippen molar-refractivity contribution in [1.29, 1.82) is 0 Å². The van der Waals surface area contributed by atoms with E-state index in [0.717, 1.165) is 17.7 Å². The van der Waals surface area contributed by atoms with Crippen molar-refractivity contribution in [3.63, 3.8) is 0 Å². The Labute approximate surface area is 129 Å². The minimum atomic E-state index is -0.0123. The zero-order valence-electron chi connectivity index (χ0n) is 11.9. The molecule has 3 N–H and O–H groups in total. The van der Waals surface area contributed by atoms with E-state index in [9.17, 15) is 0 Å². The average Bonchev–Trinajstić information content (AvgIpc) is 3.17. The van der Waals surface area contributed by atoms with E-state index in [-0.39, 0.29) is 6.04 Å². The molecule has 5 nitrogen and oxygen atoms in total. The third-order valence-electron chi connectivity index (χ3n) is 4.13. The fourth-order valence-corrected chi connectivity index (χ4v) is 3.05. The van der Waals surface area contributed by atoms with Gasteiger partial charge in [-0.15, -0.1) is 0 Å². The van der Waals surface area contributed by atoms with Crippen molar-refractivity contribution in [2.45, 2.75) is 44.2 Å². The van der Waals surface area contributed by atoms with Gasteiger partial charge in [-0.1, -0.05) is 30.5 Å². The molecule has 1 aliphatic rings. The average molecular weight is 306 g/mol. The molecule has 6 heteroatoms. The molecule has 0 amide bonds. The highest BCUT2D eigenvalue weighted by atomic mass is 35.5. The molecule has 2 aromatic rings. The first-order valence-electron chi connectivity index (χ1n) is 7.38. The minimum Gasteiger partial charge on any atom is -0.271 e. The van der Waals surface area contributed by atoms with Crippen LogP contribution in [0.25, 0.3) is 0 Å². The lowest BCUT2D eigenvalue weighted by Gasteiger charge is -2.15. The number of pyridine rings is 1. The maximum Gasteiger partial charge on any atom is 0.129 e. The summed E-state index contributed by atoms with van der Waals surface area (Å²) < 4.78 is 2.11. The molecule has 0 saturated heterocycles. The van der Waals surface area contributed by atoms with Crippen molar-refractivity contribution in [2.75, 3.05) is 0 Å². The number of hydrogen-bond donors (Lipinski definition) is 2. The van der Waals surface area contributed by atoms with Crippen LogP contribution in [0, 0.1) is 0 Å². The minimum absolute atomic E-state index is 0.0123. The second-order valence-corrected chi connectivity index (χ2v) is 5.95. The number of nitrogens with zero attached hydrogens (tertiary/aromatic N) is 3. The quantitative estimate of drug-likeness (QED) is 0.506. The fraction of sp³-hybridized carbons (Fsp3) is 0.467. The van der Waals surface area contributed by atoms with Gasteiger partial charge in [-0.25, -0.2) is 4.98 Å². The van der Waals surface area contributed by atoms with Gasteiger partial charge in [0.15, 0.2) is 0 Å². The van der Waals surface area contributed by atoms with E-state index in [1.807, 2.05) is 6.07 Å². The molecule has 0 bridgehead atoms. The van der Waals surface area contributed by atoms with Gasteiger partial charge in [-0.2, -0.15) is 5.10 Å². The molecule has 1 unspecified atom stereocenters. The molecule has 3 rings (SSSR count). The Hall–Kier alpha value is -1.43. The van der Waals surface area contributed by atoms with Crippen LogP contribution in [0.1, 0.15) is 49.0 Å². The number of nitrogens with two attached hydrogens (primary N) is 1. The van der Waals surface area contributed by atoms with Crippen LogP contribution >= 0.6 is 11.6 Å². The number of rotatable bonds is 5. The molecule has 1 atom stereocenters. The molecular weight excluding hydrogens is 286 g/mol. The second-order valence-electron chi connectivity index (χ2n) is 5.56. The molecule has 0 aromatic carbocycles. The monoisotopic (exact) mass is 305 g/mol. The number of hydrazine groups is 1. The van der Waals surface area contributed by atoms with Crippen LogP contribution in [0.4, 0.5) is 0 Å². The molecular formula is C15H20ClN5. The zero-order chi connectivity index (χ0) is 14.7. The molecule has 0 spiro atoms. The molecule has 1 saturated carbocycles. The summed E-state index contributed by atoms with van der Waals surface area (Å²) in [7, 11) is 0. The van der Waals surface area contributed by atoms with Crippen molar-refractivity contribution in [3.05, 3.63) is 47.0 Å². The molecule has 1 fully saturated rings. The first-order valence-corrected chi connectivity index (χ1v) is 7.75. The first-order chi connectivity index (χ1) is 10.3. The molecule has 2 aromatic heterocycles. The first kappa shape index (κ1) is 14.5. The Bertz CT molecular complexity index is 574. The van der Waals surface area contributed by atoms with Gasteiger partial charge in [0.1, 0.15) is 5.15 Å².